The van der Waals surface area contributed by atoms with Crippen molar-refractivity contribution in [1.29, 1.82) is 0 Å². The molecule has 0 radical (unpaired) electrons. The zero-order chi connectivity index (χ0) is 10.0. The molecule has 1 rings (SSSR count). The predicted molar refractivity (Wildman–Crippen MR) is 37.5 cm³/mol. The third-order valence-electron chi connectivity index (χ3n) is 1.67. The van der Waals surface area contributed by atoms with Gasteiger partial charge in [0, 0.05) is 4.91 Å². The lowest BCUT2D eigenvalue weighted by Crippen LogP contribution is -2.34. The normalized spacial score (nSPS) is 38.3. The molecule has 0 aromatic carbocycles. The number of nitrogens with zero attached hydrogens (tertiary/aromatic N) is 3. The maximum absolute atomic E-state index is 10.4. The third-order valence-corrected chi connectivity index (χ3v) is 1.67. The molecule has 1 heterocycles. The van der Waals surface area contributed by atoms with Crippen LogP contribution in [0.2, 0.25) is 0 Å². The number of rotatable bonds is 2. The zero-order valence-corrected chi connectivity index (χ0v) is 6.31. The van der Waals surface area contributed by atoms with Crippen LogP contribution in [-0.4, -0.2) is 45.8 Å². The molecular weight excluding hydrogens is 182 g/mol. The Morgan fingerprint density at radius 2 is 2.15 bits per heavy atom. The van der Waals surface area contributed by atoms with E-state index in [0.717, 1.165) is 0 Å². The molecule has 0 unspecified atom stereocenters. The molecule has 13 heavy (non-hydrogen) atoms. The molecule has 0 spiro atoms. The van der Waals surface area contributed by atoms with Gasteiger partial charge in [0.25, 0.3) is 0 Å². The van der Waals surface area contributed by atoms with E-state index in [1.807, 2.05) is 0 Å². The summed E-state index contributed by atoms with van der Waals surface area (Å²) in [6.45, 7) is 0. The summed E-state index contributed by atoms with van der Waals surface area (Å²) in [6.07, 6.45) is -4.63. The van der Waals surface area contributed by atoms with Gasteiger partial charge in [0.1, 0.15) is 12.1 Å². The van der Waals surface area contributed by atoms with Gasteiger partial charge in [-0.3, -0.25) is 0 Å². The maximum Gasteiger partial charge on any atom is 0.333 e. The van der Waals surface area contributed by atoms with E-state index in [4.69, 9.17) is 20.9 Å². The molecule has 8 nitrogen and oxygen atoms in total. The second kappa shape index (κ2) is 3.58. The molecule has 0 saturated carbocycles. The number of hydrogen-bond acceptors (Lipinski definition) is 5. The van der Waals surface area contributed by atoms with Crippen LogP contribution in [0.25, 0.3) is 10.4 Å². The van der Waals surface area contributed by atoms with Gasteiger partial charge in [-0.05, 0) is 5.53 Å². The number of carboxylic acids is 1. The Balaban J connectivity index is 2.86. The standard InChI is InChI=1S/C5H7N3O5/c6-8-7-1-2(9)5(12)13-3(1)4(10)11/h1-3,5,9,12H,(H,10,11)/t1-,2+,3-,5-/m0/s1. The van der Waals surface area contributed by atoms with Crippen molar-refractivity contribution in [2.75, 3.05) is 0 Å². The van der Waals surface area contributed by atoms with Crippen LogP contribution in [0.3, 0.4) is 0 Å². The lowest BCUT2D eigenvalue weighted by Gasteiger charge is -2.09. The lowest BCUT2D eigenvalue weighted by molar-refractivity contribution is -0.164. The van der Waals surface area contributed by atoms with Crippen LogP contribution >= 0.6 is 0 Å². The Morgan fingerprint density at radius 1 is 1.54 bits per heavy atom. The molecular formula is C5H7N3O5. The fourth-order valence-corrected chi connectivity index (χ4v) is 1.05. The predicted octanol–water partition coefficient (Wildman–Crippen LogP) is -1.17. The van der Waals surface area contributed by atoms with Gasteiger partial charge >= 0.3 is 5.97 Å². The maximum atomic E-state index is 10.4. The number of aliphatic hydroxyl groups excluding tert-OH is 2. The van der Waals surface area contributed by atoms with Crippen LogP contribution in [0.1, 0.15) is 0 Å². The molecule has 1 aliphatic rings. The van der Waals surface area contributed by atoms with E-state index >= 15 is 0 Å². The van der Waals surface area contributed by atoms with Gasteiger partial charge in [-0.1, -0.05) is 5.11 Å². The summed E-state index contributed by atoms with van der Waals surface area (Å²) in [5.41, 5.74) is 8.05. The number of aliphatic carboxylic acids is 1. The van der Waals surface area contributed by atoms with Crippen molar-refractivity contribution in [3.63, 3.8) is 0 Å². The summed E-state index contributed by atoms with van der Waals surface area (Å²) in [4.78, 5) is 12.8. The highest BCUT2D eigenvalue weighted by Crippen LogP contribution is 2.22. The van der Waals surface area contributed by atoms with Gasteiger partial charge in [-0.2, -0.15) is 0 Å². The first-order valence-electron chi connectivity index (χ1n) is 3.36. The van der Waals surface area contributed by atoms with Gasteiger partial charge in [0.05, 0.1) is 0 Å². The first-order chi connectivity index (χ1) is 6.07. The largest absolute Gasteiger partial charge is 0.479 e. The van der Waals surface area contributed by atoms with Crippen molar-refractivity contribution in [1.82, 2.24) is 0 Å². The number of carbonyl (C=O) groups is 1. The Bertz CT molecular complexity index is 263. The fraction of sp³-hybridized carbons (Fsp3) is 0.800. The SMILES string of the molecule is [N-]=[N+]=N[C@H]1[C@@H](O)[C@@H](O)O[C@@H]1C(=O)O. The number of hydrogen-bond donors (Lipinski definition) is 3. The molecule has 0 amide bonds. The Kier molecular flexibility index (Phi) is 2.69. The molecule has 72 valence electrons. The molecule has 4 atom stereocenters. The molecule has 0 aliphatic carbocycles. The van der Waals surface area contributed by atoms with E-state index in [9.17, 15) is 4.79 Å². The Morgan fingerprint density at radius 3 is 2.62 bits per heavy atom. The monoisotopic (exact) mass is 189 g/mol. The number of azide groups is 1. The van der Waals surface area contributed by atoms with Crippen LogP contribution in [0, 0.1) is 0 Å². The van der Waals surface area contributed by atoms with E-state index in [0.29, 0.717) is 0 Å². The van der Waals surface area contributed by atoms with E-state index in [2.05, 4.69) is 14.8 Å². The summed E-state index contributed by atoms with van der Waals surface area (Å²) in [6, 6.07) is -1.29. The smallest absolute Gasteiger partial charge is 0.333 e. The van der Waals surface area contributed by atoms with E-state index in [1.165, 1.54) is 0 Å². The third kappa shape index (κ3) is 1.70. The van der Waals surface area contributed by atoms with Crippen molar-refractivity contribution >= 4 is 5.97 Å². The minimum absolute atomic E-state index is 1.29. The molecule has 1 saturated heterocycles. The second-order valence-electron chi connectivity index (χ2n) is 2.47. The summed E-state index contributed by atoms with van der Waals surface area (Å²) in [5, 5.41) is 29.5. The summed E-state index contributed by atoms with van der Waals surface area (Å²) < 4.78 is 4.44. The minimum atomic E-state index is -1.63. The van der Waals surface area contributed by atoms with E-state index < -0.39 is 30.5 Å². The van der Waals surface area contributed by atoms with Crippen LogP contribution in [-0.2, 0) is 9.53 Å². The molecule has 0 aromatic heterocycles. The number of aliphatic hydroxyl groups is 2. The number of ether oxygens (including phenoxy) is 1. The molecule has 1 aliphatic heterocycles. The van der Waals surface area contributed by atoms with Gasteiger partial charge in [0.15, 0.2) is 12.4 Å². The quantitative estimate of drug-likeness (QED) is 0.285. The highest BCUT2D eigenvalue weighted by molar-refractivity contribution is 5.74. The van der Waals surface area contributed by atoms with Crippen LogP contribution in [0.15, 0.2) is 5.11 Å². The minimum Gasteiger partial charge on any atom is -0.479 e. The highest BCUT2D eigenvalue weighted by atomic mass is 16.6. The van der Waals surface area contributed by atoms with E-state index in [-0.39, 0.29) is 0 Å². The molecule has 8 heteroatoms. The van der Waals surface area contributed by atoms with Gasteiger partial charge in [-0.15, -0.1) is 0 Å². The fourth-order valence-electron chi connectivity index (χ4n) is 1.05. The van der Waals surface area contributed by atoms with Crippen LogP contribution < -0.4 is 0 Å². The van der Waals surface area contributed by atoms with Crippen molar-refractivity contribution in [2.45, 2.75) is 24.5 Å². The Hall–Kier alpha value is -1.34. The van der Waals surface area contributed by atoms with Crippen molar-refractivity contribution in [3.05, 3.63) is 10.4 Å². The number of carboxylic acid groups (broad SMARTS) is 1. The molecule has 1 fully saturated rings. The highest BCUT2D eigenvalue weighted by Gasteiger charge is 2.46. The molecule has 0 aromatic rings. The zero-order valence-electron chi connectivity index (χ0n) is 6.31. The lowest BCUT2D eigenvalue weighted by atomic mass is 10.1. The summed E-state index contributed by atoms with van der Waals surface area (Å²) in [5.74, 6) is -1.40. The second-order valence-corrected chi connectivity index (χ2v) is 2.47. The van der Waals surface area contributed by atoms with Gasteiger partial charge in [-0.25, -0.2) is 4.79 Å². The average Bonchev–Trinajstić information content (AvgIpc) is 2.33. The molecule has 3 N–H and O–H groups in total. The summed E-state index contributed by atoms with van der Waals surface area (Å²) >= 11 is 0. The Labute approximate surface area is 72.0 Å². The summed E-state index contributed by atoms with van der Waals surface area (Å²) in [7, 11) is 0. The topological polar surface area (TPSA) is 136 Å². The van der Waals surface area contributed by atoms with Crippen LogP contribution in [0.5, 0.6) is 0 Å². The van der Waals surface area contributed by atoms with Crippen molar-refractivity contribution in [2.24, 2.45) is 5.11 Å². The van der Waals surface area contributed by atoms with Gasteiger partial charge in [0.2, 0.25) is 0 Å². The molecule has 0 bridgehead atoms. The van der Waals surface area contributed by atoms with E-state index in [1.54, 1.807) is 0 Å². The van der Waals surface area contributed by atoms with Crippen LogP contribution in [0.4, 0.5) is 0 Å². The first-order valence-corrected chi connectivity index (χ1v) is 3.36. The average molecular weight is 189 g/mol. The van der Waals surface area contributed by atoms with Crippen molar-refractivity contribution in [3.8, 4) is 0 Å². The first kappa shape index (κ1) is 9.75. The van der Waals surface area contributed by atoms with Crippen molar-refractivity contribution < 1.29 is 24.9 Å². The van der Waals surface area contributed by atoms with Gasteiger partial charge < -0.3 is 20.1 Å².